The fraction of sp³-hybridized carbons (Fsp3) is 0.273. The summed E-state index contributed by atoms with van der Waals surface area (Å²) in [4.78, 5) is 17.1. The maximum Gasteiger partial charge on any atom is 0.243 e. The van der Waals surface area contributed by atoms with Gasteiger partial charge in [-0.25, -0.2) is 18.1 Å². The van der Waals surface area contributed by atoms with E-state index >= 15 is 0 Å². The van der Waals surface area contributed by atoms with E-state index in [0.29, 0.717) is 23.9 Å². The van der Waals surface area contributed by atoms with E-state index in [-0.39, 0.29) is 16.6 Å². The van der Waals surface area contributed by atoms with Gasteiger partial charge in [-0.15, -0.1) is 0 Å². The van der Waals surface area contributed by atoms with Crippen LogP contribution in [0.25, 0.3) is 11.3 Å². The molecule has 0 atom stereocenters. The van der Waals surface area contributed by atoms with Crippen molar-refractivity contribution in [2.75, 3.05) is 30.0 Å². The number of anilines is 1. The monoisotopic (exact) mass is 471 g/mol. The van der Waals surface area contributed by atoms with Crippen molar-refractivity contribution in [1.82, 2.24) is 14.0 Å². The van der Waals surface area contributed by atoms with E-state index in [9.17, 15) is 13.2 Å². The molecule has 10 heteroatoms. The van der Waals surface area contributed by atoms with E-state index in [2.05, 4.69) is 10.3 Å². The number of nitrogens with zero attached hydrogens (tertiary/aromatic N) is 3. The van der Waals surface area contributed by atoms with Crippen LogP contribution in [0.3, 0.4) is 0 Å². The number of hydrogen-bond donors (Lipinski definition) is 2. The summed E-state index contributed by atoms with van der Waals surface area (Å²) in [5.41, 5.74) is 2.22. The van der Waals surface area contributed by atoms with Crippen LogP contribution in [-0.2, 0) is 14.8 Å². The first-order valence-corrected chi connectivity index (χ1v) is 12.8. The second-order valence-corrected chi connectivity index (χ2v) is 10.4. The number of benzene rings is 2. The summed E-state index contributed by atoms with van der Waals surface area (Å²) >= 11 is 1.23. The molecule has 8 nitrogen and oxygen atoms in total. The van der Waals surface area contributed by atoms with Gasteiger partial charge in [0.2, 0.25) is 15.9 Å². The Morgan fingerprint density at radius 1 is 1.03 bits per heavy atom. The number of carbonyl (C=O) groups excluding carboxylic acids is 1. The average molecular weight is 472 g/mol. The molecule has 2 heterocycles. The van der Waals surface area contributed by atoms with Crippen LogP contribution in [0.15, 0.2) is 70.8 Å². The summed E-state index contributed by atoms with van der Waals surface area (Å²) in [7, 11) is -3.49. The molecular formula is C22H25N5O3S2. The molecule has 1 saturated heterocycles. The van der Waals surface area contributed by atoms with Crippen molar-refractivity contribution in [1.29, 1.82) is 0 Å². The number of nitrogen functional groups attached to an aromatic ring is 1. The minimum Gasteiger partial charge on any atom is -0.337 e. The largest absolute Gasteiger partial charge is 0.337 e. The third-order valence-corrected chi connectivity index (χ3v) is 8.07. The van der Waals surface area contributed by atoms with Crippen LogP contribution in [0, 0.1) is 0 Å². The molecule has 32 heavy (non-hydrogen) atoms. The molecule has 3 N–H and O–H groups in total. The van der Waals surface area contributed by atoms with Crippen LogP contribution >= 0.6 is 11.8 Å². The fourth-order valence-corrected chi connectivity index (χ4v) is 5.74. The first-order chi connectivity index (χ1) is 15.4. The van der Waals surface area contributed by atoms with Gasteiger partial charge in [0.15, 0.2) is 5.16 Å². The first-order valence-electron chi connectivity index (χ1n) is 10.4. The van der Waals surface area contributed by atoms with Gasteiger partial charge in [-0.1, -0.05) is 48.5 Å². The molecular weight excluding hydrogens is 446 g/mol. The molecule has 0 saturated carbocycles. The number of sulfonamides is 1. The maximum atomic E-state index is 12.7. The Kier molecular flexibility index (Phi) is 6.83. The molecule has 2 aromatic carbocycles. The molecule has 168 valence electrons. The summed E-state index contributed by atoms with van der Waals surface area (Å²) in [5.74, 6) is 5.87. The number of imidazole rings is 1. The van der Waals surface area contributed by atoms with E-state index in [0.717, 1.165) is 30.5 Å². The van der Waals surface area contributed by atoms with Gasteiger partial charge >= 0.3 is 0 Å². The van der Waals surface area contributed by atoms with Gasteiger partial charge in [-0.3, -0.25) is 4.79 Å². The van der Waals surface area contributed by atoms with E-state index in [1.54, 1.807) is 18.3 Å². The van der Waals surface area contributed by atoms with Gasteiger partial charge in [0, 0.05) is 24.3 Å². The molecule has 0 spiro atoms. The van der Waals surface area contributed by atoms with Crippen molar-refractivity contribution < 1.29 is 13.2 Å². The standard InChI is InChI=1S/C22H25N5O3S2/c23-27-15-20(17-7-3-1-4-8-17)25-22(27)31-16-21(28)24-18-9-11-19(12-10-18)32(29,30)26-13-5-2-6-14-26/h1,3-4,7-12,15H,2,5-6,13-14,16,23H2,(H,24,28). The minimum absolute atomic E-state index is 0.121. The van der Waals surface area contributed by atoms with Crippen molar-refractivity contribution in [3.05, 3.63) is 60.8 Å². The van der Waals surface area contributed by atoms with Crippen LogP contribution < -0.4 is 11.2 Å². The predicted octanol–water partition coefficient (Wildman–Crippen LogP) is 3.17. The van der Waals surface area contributed by atoms with Crippen LogP contribution in [0.5, 0.6) is 0 Å². The number of nitrogens with one attached hydrogen (secondary N) is 1. The Hall–Kier alpha value is -2.82. The molecule has 4 rings (SSSR count). The maximum absolute atomic E-state index is 12.7. The van der Waals surface area contributed by atoms with Crippen LogP contribution in [0.2, 0.25) is 0 Å². The molecule has 3 aromatic rings. The van der Waals surface area contributed by atoms with E-state index in [1.807, 2.05) is 30.3 Å². The van der Waals surface area contributed by atoms with Crippen LogP contribution in [0.1, 0.15) is 19.3 Å². The summed E-state index contributed by atoms with van der Waals surface area (Å²) in [6.07, 6.45) is 4.56. The summed E-state index contributed by atoms with van der Waals surface area (Å²) in [5, 5.41) is 3.31. The van der Waals surface area contributed by atoms with Crippen molar-refractivity contribution in [2.24, 2.45) is 0 Å². The highest BCUT2D eigenvalue weighted by atomic mass is 32.2. The summed E-state index contributed by atoms with van der Waals surface area (Å²) in [6.45, 7) is 1.11. The zero-order chi connectivity index (χ0) is 22.6. The lowest BCUT2D eigenvalue weighted by Gasteiger charge is -2.25. The topological polar surface area (TPSA) is 110 Å². The fourth-order valence-electron chi connectivity index (χ4n) is 3.52. The number of piperidine rings is 1. The lowest BCUT2D eigenvalue weighted by atomic mass is 10.2. The number of rotatable bonds is 7. The third-order valence-electron chi connectivity index (χ3n) is 5.19. The van der Waals surface area contributed by atoms with Gasteiger partial charge in [0.05, 0.1) is 22.5 Å². The van der Waals surface area contributed by atoms with Gasteiger partial charge in [0.1, 0.15) is 0 Å². The molecule has 0 bridgehead atoms. The highest BCUT2D eigenvalue weighted by Gasteiger charge is 2.25. The molecule has 1 fully saturated rings. The SMILES string of the molecule is Nn1cc(-c2ccccc2)nc1SCC(=O)Nc1ccc(S(=O)(=O)N2CCCCC2)cc1. The van der Waals surface area contributed by atoms with Gasteiger partial charge in [-0.05, 0) is 37.1 Å². The normalized spacial score (nSPS) is 14.9. The molecule has 0 unspecified atom stereocenters. The number of amides is 1. The summed E-state index contributed by atoms with van der Waals surface area (Å²) in [6, 6.07) is 15.9. The average Bonchev–Trinajstić information content (AvgIpc) is 3.20. The lowest BCUT2D eigenvalue weighted by molar-refractivity contribution is -0.113. The van der Waals surface area contributed by atoms with Crippen molar-refractivity contribution in [3.63, 3.8) is 0 Å². The lowest BCUT2D eigenvalue weighted by Crippen LogP contribution is -2.35. The number of carbonyl (C=O) groups is 1. The zero-order valence-corrected chi connectivity index (χ0v) is 19.1. The molecule has 1 aromatic heterocycles. The zero-order valence-electron chi connectivity index (χ0n) is 17.5. The second-order valence-electron chi connectivity index (χ2n) is 7.51. The molecule has 0 aliphatic carbocycles. The molecule has 1 amide bonds. The first kappa shape index (κ1) is 22.4. The quantitative estimate of drug-likeness (QED) is 0.405. The van der Waals surface area contributed by atoms with Crippen molar-refractivity contribution >= 4 is 33.4 Å². The predicted molar refractivity (Wildman–Crippen MR) is 126 cm³/mol. The van der Waals surface area contributed by atoms with Gasteiger partial charge < -0.3 is 11.2 Å². The second kappa shape index (κ2) is 9.76. The minimum atomic E-state index is -3.49. The van der Waals surface area contributed by atoms with Crippen molar-refractivity contribution in [2.45, 2.75) is 29.3 Å². The van der Waals surface area contributed by atoms with Crippen LogP contribution in [-0.4, -0.2) is 47.1 Å². The number of thioether (sulfide) groups is 1. The van der Waals surface area contributed by atoms with Crippen LogP contribution in [0.4, 0.5) is 5.69 Å². The van der Waals surface area contributed by atoms with Crippen molar-refractivity contribution in [3.8, 4) is 11.3 Å². The number of hydrogen-bond acceptors (Lipinski definition) is 6. The smallest absolute Gasteiger partial charge is 0.243 e. The molecule has 1 aliphatic heterocycles. The van der Waals surface area contributed by atoms with E-state index in [4.69, 9.17) is 5.84 Å². The van der Waals surface area contributed by atoms with E-state index in [1.165, 1.54) is 32.9 Å². The molecule has 0 radical (unpaired) electrons. The van der Waals surface area contributed by atoms with Gasteiger partial charge in [-0.2, -0.15) is 4.31 Å². The Bertz CT molecular complexity index is 1170. The van der Waals surface area contributed by atoms with Gasteiger partial charge in [0.25, 0.3) is 0 Å². The number of nitrogens with two attached hydrogens (primary N) is 1. The Morgan fingerprint density at radius 2 is 1.72 bits per heavy atom. The third kappa shape index (κ3) is 5.14. The van der Waals surface area contributed by atoms with E-state index < -0.39 is 10.0 Å². The Morgan fingerprint density at radius 3 is 2.41 bits per heavy atom. The highest BCUT2D eigenvalue weighted by molar-refractivity contribution is 7.99. The Labute approximate surface area is 191 Å². The Balaban J connectivity index is 1.34. The summed E-state index contributed by atoms with van der Waals surface area (Å²) < 4.78 is 28.4. The molecule has 1 aliphatic rings. The highest BCUT2D eigenvalue weighted by Crippen LogP contribution is 2.24. The number of aromatic nitrogens is 2.